The van der Waals surface area contributed by atoms with Gasteiger partial charge in [0, 0.05) is 16.7 Å². The van der Waals surface area contributed by atoms with Crippen LogP contribution in [0.5, 0.6) is 0 Å². The average Bonchev–Trinajstić information content (AvgIpc) is 2.51. The van der Waals surface area contributed by atoms with E-state index in [1.54, 1.807) is 0 Å². The number of hydrogen-bond acceptors (Lipinski definition) is 3. The number of benzene rings is 1. The van der Waals surface area contributed by atoms with Crippen molar-refractivity contribution < 1.29 is 5.11 Å². The molecule has 1 fully saturated rings. The number of rotatable bonds is 1. The van der Waals surface area contributed by atoms with E-state index in [1.807, 2.05) is 18.2 Å². The first-order valence-electron chi connectivity index (χ1n) is 4.65. The standard InChI is InChI=1S/C10H13IN2O/c11-7-1-2-10(9(12)5-7)13-4-3-8(14)6-13/h1-2,5,8,14H,3-4,6,12H2. The summed E-state index contributed by atoms with van der Waals surface area (Å²) in [5, 5.41) is 9.42. The van der Waals surface area contributed by atoms with E-state index in [1.165, 1.54) is 0 Å². The fourth-order valence-electron chi connectivity index (χ4n) is 1.77. The van der Waals surface area contributed by atoms with Crippen LogP contribution in [0.25, 0.3) is 0 Å². The first-order valence-corrected chi connectivity index (χ1v) is 5.73. The minimum absolute atomic E-state index is 0.200. The maximum absolute atomic E-state index is 9.42. The van der Waals surface area contributed by atoms with Crippen molar-refractivity contribution in [2.45, 2.75) is 12.5 Å². The molecule has 1 aromatic carbocycles. The molecular weight excluding hydrogens is 291 g/mol. The Labute approximate surface area is 97.0 Å². The number of halogens is 1. The summed E-state index contributed by atoms with van der Waals surface area (Å²) in [6.07, 6.45) is 0.638. The third-order valence-electron chi connectivity index (χ3n) is 2.49. The second-order valence-electron chi connectivity index (χ2n) is 3.59. The largest absolute Gasteiger partial charge is 0.397 e. The highest BCUT2D eigenvalue weighted by atomic mass is 127. The van der Waals surface area contributed by atoms with Gasteiger partial charge in [-0.05, 0) is 47.2 Å². The predicted molar refractivity (Wildman–Crippen MR) is 66.4 cm³/mol. The number of nitrogens with two attached hydrogens (primary N) is 1. The zero-order valence-corrected chi connectivity index (χ0v) is 9.94. The summed E-state index contributed by atoms with van der Waals surface area (Å²) in [5.74, 6) is 0. The summed E-state index contributed by atoms with van der Waals surface area (Å²) in [6, 6.07) is 6.02. The number of anilines is 2. The molecule has 1 unspecified atom stereocenters. The molecule has 0 radical (unpaired) electrons. The summed E-state index contributed by atoms with van der Waals surface area (Å²) >= 11 is 2.24. The number of aliphatic hydroxyl groups excluding tert-OH is 1. The molecule has 3 nitrogen and oxygen atoms in total. The van der Waals surface area contributed by atoms with Crippen molar-refractivity contribution in [3.8, 4) is 0 Å². The third kappa shape index (κ3) is 1.95. The number of nitrogens with zero attached hydrogens (tertiary/aromatic N) is 1. The predicted octanol–water partition coefficient (Wildman–Crippen LogP) is 1.44. The zero-order chi connectivity index (χ0) is 10.1. The monoisotopic (exact) mass is 304 g/mol. The molecule has 0 bridgehead atoms. The van der Waals surface area contributed by atoms with Crippen molar-refractivity contribution in [3.05, 3.63) is 21.8 Å². The average molecular weight is 304 g/mol. The van der Waals surface area contributed by atoms with Gasteiger partial charge in [-0.3, -0.25) is 0 Å². The number of β-amino-alcohol motifs (C(OH)–C–C–N with tert-alkyl or cyclic N) is 1. The molecule has 2 rings (SSSR count). The summed E-state index contributed by atoms with van der Waals surface area (Å²) in [4.78, 5) is 2.13. The smallest absolute Gasteiger partial charge is 0.0731 e. The molecule has 0 aromatic heterocycles. The Hall–Kier alpha value is -0.490. The summed E-state index contributed by atoms with van der Waals surface area (Å²) in [6.45, 7) is 1.59. The van der Waals surface area contributed by atoms with Crippen LogP contribution in [0.15, 0.2) is 18.2 Å². The molecule has 3 N–H and O–H groups in total. The maximum Gasteiger partial charge on any atom is 0.0731 e. The van der Waals surface area contributed by atoms with Crippen LogP contribution < -0.4 is 10.6 Å². The number of nitrogen functional groups attached to an aromatic ring is 1. The highest BCUT2D eigenvalue weighted by molar-refractivity contribution is 14.1. The Balaban J connectivity index is 2.24. The van der Waals surface area contributed by atoms with Crippen LogP contribution >= 0.6 is 22.6 Å². The van der Waals surface area contributed by atoms with Gasteiger partial charge in [-0.2, -0.15) is 0 Å². The fourth-order valence-corrected chi connectivity index (χ4v) is 2.29. The molecule has 14 heavy (non-hydrogen) atoms. The van der Waals surface area contributed by atoms with Crippen molar-refractivity contribution in [1.82, 2.24) is 0 Å². The quantitative estimate of drug-likeness (QED) is 0.610. The van der Waals surface area contributed by atoms with Gasteiger partial charge in [0.25, 0.3) is 0 Å². The van der Waals surface area contributed by atoms with Gasteiger partial charge in [0.2, 0.25) is 0 Å². The normalized spacial score (nSPS) is 21.6. The molecule has 1 atom stereocenters. The van der Waals surface area contributed by atoms with Crippen LogP contribution in [-0.2, 0) is 0 Å². The van der Waals surface area contributed by atoms with Crippen molar-refractivity contribution in [2.24, 2.45) is 0 Å². The van der Waals surface area contributed by atoms with Gasteiger partial charge >= 0.3 is 0 Å². The molecule has 0 amide bonds. The van der Waals surface area contributed by atoms with Crippen molar-refractivity contribution in [3.63, 3.8) is 0 Å². The van der Waals surface area contributed by atoms with Crippen LogP contribution in [0.3, 0.4) is 0 Å². The van der Waals surface area contributed by atoms with Gasteiger partial charge in [-0.1, -0.05) is 0 Å². The summed E-state index contributed by atoms with van der Waals surface area (Å²) in [7, 11) is 0. The Morgan fingerprint density at radius 1 is 1.50 bits per heavy atom. The first kappa shape index (κ1) is 10.0. The van der Waals surface area contributed by atoms with E-state index >= 15 is 0 Å². The Morgan fingerprint density at radius 3 is 2.86 bits per heavy atom. The Morgan fingerprint density at radius 2 is 2.29 bits per heavy atom. The van der Waals surface area contributed by atoms with E-state index in [-0.39, 0.29) is 6.10 Å². The number of hydrogen-bond donors (Lipinski definition) is 2. The van der Waals surface area contributed by atoms with Gasteiger partial charge in [0.1, 0.15) is 0 Å². The second kappa shape index (κ2) is 3.94. The lowest BCUT2D eigenvalue weighted by Gasteiger charge is -2.19. The van der Waals surface area contributed by atoms with E-state index in [2.05, 4.69) is 27.5 Å². The maximum atomic E-state index is 9.42. The van der Waals surface area contributed by atoms with Crippen LogP contribution in [0.4, 0.5) is 11.4 Å². The van der Waals surface area contributed by atoms with Gasteiger partial charge in [-0.15, -0.1) is 0 Å². The van der Waals surface area contributed by atoms with Gasteiger partial charge in [0.05, 0.1) is 17.5 Å². The Kier molecular flexibility index (Phi) is 2.83. The minimum Gasteiger partial charge on any atom is -0.397 e. The SMILES string of the molecule is Nc1cc(I)ccc1N1CCC(O)C1. The van der Waals surface area contributed by atoms with Crippen LogP contribution in [0.1, 0.15) is 6.42 Å². The molecule has 0 spiro atoms. The van der Waals surface area contributed by atoms with Crippen LogP contribution in [0, 0.1) is 3.57 Å². The molecule has 4 heteroatoms. The molecule has 1 saturated heterocycles. The third-order valence-corrected chi connectivity index (χ3v) is 3.16. The molecule has 1 aliphatic rings. The fraction of sp³-hybridized carbons (Fsp3) is 0.400. The van der Waals surface area contributed by atoms with Crippen molar-refractivity contribution >= 4 is 34.0 Å². The zero-order valence-electron chi connectivity index (χ0n) is 7.78. The van der Waals surface area contributed by atoms with E-state index in [9.17, 15) is 5.11 Å². The van der Waals surface area contributed by atoms with Gasteiger partial charge < -0.3 is 15.7 Å². The molecule has 0 saturated carbocycles. The molecular formula is C10H13IN2O. The molecule has 1 aliphatic heterocycles. The first-order chi connectivity index (χ1) is 6.66. The van der Waals surface area contributed by atoms with Gasteiger partial charge in [0.15, 0.2) is 0 Å². The molecule has 1 heterocycles. The topological polar surface area (TPSA) is 49.5 Å². The van der Waals surface area contributed by atoms with Crippen molar-refractivity contribution in [2.75, 3.05) is 23.7 Å². The Bertz CT molecular complexity index is 343. The minimum atomic E-state index is -0.200. The summed E-state index contributed by atoms with van der Waals surface area (Å²) in [5.41, 5.74) is 7.76. The van der Waals surface area contributed by atoms with E-state index in [0.29, 0.717) is 6.54 Å². The highest BCUT2D eigenvalue weighted by Crippen LogP contribution is 2.27. The lowest BCUT2D eigenvalue weighted by molar-refractivity contribution is 0.198. The molecule has 1 aromatic rings. The van der Waals surface area contributed by atoms with E-state index in [4.69, 9.17) is 5.73 Å². The van der Waals surface area contributed by atoms with Crippen molar-refractivity contribution in [1.29, 1.82) is 0 Å². The lowest BCUT2D eigenvalue weighted by atomic mass is 10.2. The molecule has 0 aliphatic carbocycles. The van der Waals surface area contributed by atoms with Crippen LogP contribution in [0.2, 0.25) is 0 Å². The number of aliphatic hydroxyl groups is 1. The van der Waals surface area contributed by atoms with Gasteiger partial charge in [-0.25, -0.2) is 0 Å². The van der Waals surface area contributed by atoms with Crippen LogP contribution in [-0.4, -0.2) is 24.3 Å². The lowest BCUT2D eigenvalue weighted by Crippen LogP contribution is -2.22. The highest BCUT2D eigenvalue weighted by Gasteiger charge is 2.21. The van der Waals surface area contributed by atoms with E-state index in [0.717, 1.165) is 27.9 Å². The molecule has 76 valence electrons. The summed E-state index contributed by atoms with van der Waals surface area (Å²) < 4.78 is 1.14. The second-order valence-corrected chi connectivity index (χ2v) is 4.84. The van der Waals surface area contributed by atoms with E-state index < -0.39 is 0 Å².